The molecule has 0 amide bonds. The van der Waals surface area contributed by atoms with Crippen LogP contribution < -0.4 is 0 Å². The second-order valence-electron chi connectivity index (χ2n) is 6.13. The third-order valence-corrected chi connectivity index (χ3v) is 4.22. The van der Waals surface area contributed by atoms with Gasteiger partial charge in [0.2, 0.25) is 5.82 Å². The first-order chi connectivity index (χ1) is 8.99. The van der Waals surface area contributed by atoms with E-state index in [9.17, 15) is 4.79 Å². The molecular formula is C15H24N2O2. The number of carbonyl (C=O) groups is 1. The Kier molecular flexibility index (Phi) is 4.27. The average molecular weight is 264 g/mol. The SMILES string of the molecule is CC1CCC(C(C)C)C(OC(=O)c2nccn2C)C1. The molecule has 1 aromatic rings. The van der Waals surface area contributed by atoms with E-state index >= 15 is 0 Å². The van der Waals surface area contributed by atoms with Gasteiger partial charge < -0.3 is 9.30 Å². The first-order valence-corrected chi connectivity index (χ1v) is 7.17. The predicted molar refractivity (Wildman–Crippen MR) is 73.8 cm³/mol. The van der Waals surface area contributed by atoms with Crippen molar-refractivity contribution in [2.75, 3.05) is 0 Å². The van der Waals surface area contributed by atoms with Crippen LogP contribution in [0.1, 0.15) is 50.7 Å². The first-order valence-electron chi connectivity index (χ1n) is 7.17. The molecule has 2 rings (SSSR count). The summed E-state index contributed by atoms with van der Waals surface area (Å²) in [6, 6.07) is 0. The van der Waals surface area contributed by atoms with Crippen molar-refractivity contribution >= 4 is 5.97 Å². The van der Waals surface area contributed by atoms with Crippen LogP contribution in [-0.2, 0) is 11.8 Å². The molecule has 1 heterocycles. The van der Waals surface area contributed by atoms with Crippen molar-refractivity contribution in [2.24, 2.45) is 24.8 Å². The van der Waals surface area contributed by atoms with Crippen molar-refractivity contribution in [2.45, 2.75) is 46.1 Å². The summed E-state index contributed by atoms with van der Waals surface area (Å²) in [5, 5.41) is 0. The maximum absolute atomic E-state index is 12.2. The van der Waals surface area contributed by atoms with Gasteiger partial charge in [-0.3, -0.25) is 0 Å². The zero-order chi connectivity index (χ0) is 14.0. The summed E-state index contributed by atoms with van der Waals surface area (Å²) in [5.74, 6) is 1.75. The van der Waals surface area contributed by atoms with Gasteiger partial charge >= 0.3 is 5.97 Å². The highest BCUT2D eigenvalue weighted by Gasteiger charge is 2.34. The van der Waals surface area contributed by atoms with E-state index in [4.69, 9.17) is 4.74 Å². The highest BCUT2D eigenvalue weighted by atomic mass is 16.5. The topological polar surface area (TPSA) is 44.1 Å². The molecule has 1 aliphatic rings. The lowest BCUT2D eigenvalue weighted by atomic mass is 9.75. The number of hydrogen-bond donors (Lipinski definition) is 0. The Balaban J connectivity index is 2.07. The average Bonchev–Trinajstić information content (AvgIpc) is 2.75. The summed E-state index contributed by atoms with van der Waals surface area (Å²) < 4.78 is 7.45. The lowest BCUT2D eigenvalue weighted by molar-refractivity contribution is -0.0187. The molecule has 106 valence electrons. The van der Waals surface area contributed by atoms with Crippen LogP contribution in [0.2, 0.25) is 0 Å². The summed E-state index contributed by atoms with van der Waals surface area (Å²) in [4.78, 5) is 16.2. The van der Waals surface area contributed by atoms with E-state index in [1.54, 1.807) is 17.0 Å². The maximum Gasteiger partial charge on any atom is 0.374 e. The van der Waals surface area contributed by atoms with Gasteiger partial charge in [-0.15, -0.1) is 0 Å². The number of ether oxygens (including phenoxy) is 1. The zero-order valence-electron chi connectivity index (χ0n) is 12.3. The minimum absolute atomic E-state index is 0.0351. The quantitative estimate of drug-likeness (QED) is 0.788. The molecule has 0 saturated heterocycles. The van der Waals surface area contributed by atoms with Crippen LogP contribution in [0, 0.1) is 17.8 Å². The minimum Gasteiger partial charge on any atom is -0.456 e. The summed E-state index contributed by atoms with van der Waals surface area (Å²) in [6.45, 7) is 6.66. The van der Waals surface area contributed by atoms with Crippen LogP contribution in [-0.4, -0.2) is 21.6 Å². The van der Waals surface area contributed by atoms with Crippen molar-refractivity contribution in [3.05, 3.63) is 18.2 Å². The summed E-state index contributed by atoms with van der Waals surface area (Å²) in [7, 11) is 1.81. The van der Waals surface area contributed by atoms with Gasteiger partial charge in [-0.2, -0.15) is 0 Å². The monoisotopic (exact) mass is 264 g/mol. The largest absolute Gasteiger partial charge is 0.456 e. The molecular weight excluding hydrogens is 240 g/mol. The number of aryl methyl sites for hydroxylation is 1. The van der Waals surface area contributed by atoms with Crippen LogP contribution in [0.4, 0.5) is 0 Å². The van der Waals surface area contributed by atoms with Crippen LogP contribution in [0.3, 0.4) is 0 Å². The van der Waals surface area contributed by atoms with Gasteiger partial charge in [-0.05, 0) is 30.6 Å². The Morgan fingerprint density at radius 1 is 1.47 bits per heavy atom. The van der Waals surface area contributed by atoms with Gasteiger partial charge in [0.25, 0.3) is 0 Å². The number of carbonyl (C=O) groups excluding carboxylic acids is 1. The standard InChI is InChI=1S/C15H24N2O2/c1-10(2)12-6-5-11(3)9-13(12)19-15(18)14-16-7-8-17(14)4/h7-8,10-13H,5-6,9H2,1-4H3. The van der Waals surface area contributed by atoms with Gasteiger partial charge in [-0.1, -0.05) is 27.2 Å². The smallest absolute Gasteiger partial charge is 0.374 e. The molecule has 1 aliphatic carbocycles. The third-order valence-electron chi connectivity index (χ3n) is 4.22. The molecule has 0 bridgehead atoms. The molecule has 0 aromatic carbocycles. The maximum atomic E-state index is 12.2. The minimum atomic E-state index is -0.294. The Hall–Kier alpha value is -1.32. The Morgan fingerprint density at radius 3 is 2.79 bits per heavy atom. The van der Waals surface area contributed by atoms with Gasteiger partial charge in [0.15, 0.2) is 0 Å². The van der Waals surface area contributed by atoms with Crippen LogP contribution in [0.15, 0.2) is 12.4 Å². The van der Waals surface area contributed by atoms with E-state index in [0.29, 0.717) is 23.6 Å². The highest BCUT2D eigenvalue weighted by molar-refractivity contribution is 5.85. The van der Waals surface area contributed by atoms with Crippen LogP contribution in [0.25, 0.3) is 0 Å². The highest BCUT2D eigenvalue weighted by Crippen LogP contribution is 2.35. The number of aromatic nitrogens is 2. The molecule has 1 saturated carbocycles. The Morgan fingerprint density at radius 2 is 2.21 bits per heavy atom. The molecule has 0 radical (unpaired) electrons. The van der Waals surface area contributed by atoms with Crippen molar-refractivity contribution < 1.29 is 9.53 Å². The fraction of sp³-hybridized carbons (Fsp3) is 0.733. The van der Waals surface area contributed by atoms with Gasteiger partial charge in [0.1, 0.15) is 6.10 Å². The van der Waals surface area contributed by atoms with Crippen molar-refractivity contribution in [3.63, 3.8) is 0 Å². The number of nitrogens with zero attached hydrogens (tertiary/aromatic N) is 2. The van der Waals surface area contributed by atoms with Gasteiger partial charge in [0.05, 0.1) is 0 Å². The fourth-order valence-corrected chi connectivity index (χ4v) is 3.00. The summed E-state index contributed by atoms with van der Waals surface area (Å²) in [6.07, 6.45) is 6.78. The van der Waals surface area contributed by atoms with Gasteiger partial charge in [0, 0.05) is 19.4 Å². The van der Waals surface area contributed by atoms with Crippen molar-refractivity contribution in [1.82, 2.24) is 9.55 Å². The van der Waals surface area contributed by atoms with Crippen molar-refractivity contribution in [3.8, 4) is 0 Å². The molecule has 3 unspecified atom stereocenters. The third kappa shape index (κ3) is 3.17. The molecule has 4 nitrogen and oxygen atoms in total. The first kappa shape index (κ1) is 14.1. The van der Waals surface area contributed by atoms with Crippen LogP contribution in [0.5, 0.6) is 0 Å². The Labute approximate surface area is 115 Å². The number of imidazole rings is 1. The molecule has 1 aromatic heterocycles. The molecule has 1 fully saturated rings. The molecule has 3 atom stereocenters. The predicted octanol–water partition coefficient (Wildman–Crippen LogP) is 3.04. The summed E-state index contributed by atoms with van der Waals surface area (Å²) >= 11 is 0. The lowest BCUT2D eigenvalue weighted by Gasteiger charge is -2.36. The number of rotatable bonds is 3. The van der Waals surface area contributed by atoms with Gasteiger partial charge in [-0.25, -0.2) is 9.78 Å². The Bertz CT molecular complexity index is 439. The number of hydrogen-bond acceptors (Lipinski definition) is 3. The fourth-order valence-electron chi connectivity index (χ4n) is 3.00. The molecule has 0 spiro atoms. The zero-order valence-corrected chi connectivity index (χ0v) is 12.3. The van der Waals surface area contributed by atoms with E-state index < -0.39 is 0 Å². The van der Waals surface area contributed by atoms with E-state index in [1.165, 1.54) is 6.42 Å². The van der Waals surface area contributed by atoms with E-state index in [0.717, 1.165) is 12.8 Å². The van der Waals surface area contributed by atoms with E-state index in [-0.39, 0.29) is 12.1 Å². The van der Waals surface area contributed by atoms with Crippen LogP contribution >= 0.6 is 0 Å². The molecule has 0 aliphatic heterocycles. The second kappa shape index (κ2) is 5.76. The van der Waals surface area contributed by atoms with E-state index in [1.807, 2.05) is 7.05 Å². The summed E-state index contributed by atoms with van der Waals surface area (Å²) in [5.41, 5.74) is 0. The van der Waals surface area contributed by atoms with E-state index in [2.05, 4.69) is 25.8 Å². The lowest BCUT2D eigenvalue weighted by Crippen LogP contribution is -2.36. The normalized spacial score (nSPS) is 27.5. The molecule has 19 heavy (non-hydrogen) atoms. The number of esters is 1. The molecule has 4 heteroatoms. The van der Waals surface area contributed by atoms with Crippen molar-refractivity contribution in [1.29, 1.82) is 0 Å². The second-order valence-corrected chi connectivity index (χ2v) is 6.13. The molecule has 0 N–H and O–H groups in total.